The lowest BCUT2D eigenvalue weighted by molar-refractivity contribution is 0.181. The lowest BCUT2D eigenvalue weighted by atomic mass is 10.2. The van der Waals surface area contributed by atoms with Crippen LogP contribution < -0.4 is 5.32 Å². The average Bonchev–Trinajstić information content (AvgIpc) is 2.83. The van der Waals surface area contributed by atoms with Gasteiger partial charge in [-0.05, 0) is 25.7 Å². The van der Waals surface area contributed by atoms with Crippen molar-refractivity contribution in [2.75, 3.05) is 19.6 Å². The van der Waals surface area contributed by atoms with E-state index in [0.717, 1.165) is 6.04 Å². The molecule has 2 aliphatic carbocycles. The third-order valence-corrected chi connectivity index (χ3v) is 3.32. The fourth-order valence-electron chi connectivity index (χ4n) is 2.23. The van der Waals surface area contributed by atoms with E-state index in [0.29, 0.717) is 5.54 Å². The van der Waals surface area contributed by atoms with Gasteiger partial charge in [0.2, 0.25) is 0 Å². The maximum Gasteiger partial charge on any atom is 0.0310 e. The topological polar surface area (TPSA) is 15.3 Å². The number of hydrogen-bond acceptors (Lipinski definition) is 2. The second-order valence-electron chi connectivity index (χ2n) is 4.41. The van der Waals surface area contributed by atoms with Crippen LogP contribution >= 0.6 is 0 Å². The normalized spacial score (nSPS) is 36.0. The van der Waals surface area contributed by atoms with E-state index in [1.165, 1.54) is 45.3 Å². The Kier molecular flexibility index (Phi) is 1.16. The van der Waals surface area contributed by atoms with E-state index < -0.39 is 0 Å². The standard InChI is InChI=1S/C9H16N2/c1-2-8(1)11-6-5-10-9(7-11)3-4-9/h8,10H,1-7H2. The van der Waals surface area contributed by atoms with Crippen molar-refractivity contribution >= 4 is 0 Å². The van der Waals surface area contributed by atoms with Crippen LogP contribution in [0.1, 0.15) is 25.7 Å². The molecule has 0 atom stereocenters. The van der Waals surface area contributed by atoms with Crippen LogP contribution in [0.15, 0.2) is 0 Å². The summed E-state index contributed by atoms with van der Waals surface area (Å²) >= 11 is 0. The molecule has 3 rings (SSSR count). The number of nitrogens with zero attached hydrogens (tertiary/aromatic N) is 1. The molecular weight excluding hydrogens is 136 g/mol. The van der Waals surface area contributed by atoms with Crippen molar-refractivity contribution in [2.45, 2.75) is 37.3 Å². The van der Waals surface area contributed by atoms with Crippen molar-refractivity contribution in [2.24, 2.45) is 0 Å². The van der Waals surface area contributed by atoms with Crippen LogP contribution in [0.3, 0.4) is 0 Å². The molecule has 0 amide bonds. The monoisotopic (exact) mass is 152 g/mol. The highest BCUT2D eigenvalue weighted by Gasteiger charge is 2.47. The fraction of sp³-hybridized carbons (Fsp3) is 1.00. The highest BCUT2D eigenvalue weighted by atomic mass is 15.3. The first-order valence-corrected chi connectivity index (χ1v) is 4.87. The summed E-state index contributed by atoms with van der Waals surface area (Å²) in [6.45, 7) is 3.88. The van der Waals surface area contributed by atoms with E-state index >= 15 is 0 Å². The highest BCUT2D eigenvalue weighted by Crippen LogP contribution is 2.40. The lowest BCUT2D eigenvalue weighted by Crippen LogP contribution is -2.53. The van der Waals surface area contributed by atoms with Gasteiger partial charge in [0.1, 0.15) is 0 Å². The summed E-state index contributed by atoms with van der Waals surface area (Å²) in [5, 5.41) is 3.64. The Bertz CT molecular complexity index is 170. The molecule has 0 unspecified atom stereocenters. The van der Waals surface area contributed by atoms with E-state index in [9.17, 15) is 0 Å². The molecule has 1 heterocycles. The van der Waals surface area contributed by atoms with Crippen molar-refractivity contribution in [1.82, 2.24) is 10.2 Å². The molecule has 3 aliphatic rings. The first-order valence-electron chi connectivity index (χ1n) is 4.87. The maximum atomic E-state index is 3.64. The minimum Gasteiger partial charge on any atom is -0.309 e. The van der Waals surface area contributed by atoms with Crippen LogP contribution in [0.5, 0.6) is 0 Å². The van der Waals surface area contributed by atoms with E-state index in [4.69, 9.17) is 0 Å². The number of hydrogen-bond donors (Lipinski definition) is 1. The van der Waals surface area contributed by atoms with Crippen molar-refractivity contribution in [3.63, 3.8) is 0 Å². The second-order valence-corrected chi connectivity index (χ2v) is 4.41. The SMILES string of the molecule is C1CN(C2CC2)CC2(CC2)N1. The second kappa shape index (κ2) is 1.99. The van der Waals surface area contributed by atoms with Crippen LogP contribution in [0.25, 0.3) is 0 Å². The maximum absolute atomic E-state index is 3.64. The molecule has 1 N–H and O–H groups in total. The zero-order chi connectivity index (χ0) is 7.31. The van der Waals surface area contributed by atoms with Gasteiger partial charge in [-0.2, -0.15) is 0 Å². The van der Waals surface area contributed by atoms with Crippen molar-refractivity contribution in [3.8, 4) is 0 Å². The minimum atomic E-state index is 0.598. The first-order chi connectivity index (χ1) is 5.38. The van der Waals surface area contributed by atoms with Crippen LogP contribution in [0.4, 0.5) is 0 Å². The molecule has 0 bridgehead atoms. The Balaban J connectivity index is 1.67. The minimum absolute atomic E-state index is 0.598. The van der Waals surface area contributed by atoms with E-state index in [1.54, 1.807) is 0 Å². The summed E-state index contributed by atoms with van der Waals surface area (Å²) in [7, 11) is 0. The van der Waals surface area contributed by atoms with Crippen molar-refractivity contribution in [1.29, 1.82) is 0 Å². The summed E-state index contributed by atoms with van der Waals surface area (Å²) in [6, 6.07) is 0.981. The van der Waals surface area contributed by atoms with Gasteiger partial charge in [0.05, 0.1) is 0 Å². The fourth-order valence-corrected chi connectivity index (χ4v) is 2.23. The number of rotatable bonds is 1. The van der Waals surface area contributed by atoms with Gasteiger partial charge in [0, 0.05) is 31.2 Å². The van der Waals surface area contributed by atoms with Gasteiger partial charge in [-0.1, -0.05) is 0 Å². The molecule has 1 spiro atoms. The summed E-state index contributed by atoms with van der Waals surface area (Å²) in [5.74, 6) is 0. The predicted octanol–water partition coefficient (Wildman–Crippen LogP) is 0.587. The third-order valence-electron chi connectivity index (χ3n) is 3.32. The van der Waals surface area contributed by atoms with E-state index in [-0.39, 0.29) is 0 Å². The Morgan fingerprint density at radius 3 is 2.73 bits per heavy atom. The van der Waals surface area contributed by atoms with Crippen LogP contribution in [0.2, 0.25) is 0 Å². The van der Waals surface area contributed by atoms with Gasteiger partial charge in [-0.15, -0.1) is 0 Å². The van der Waals surface area contributed by atoms with Gasteiger partial charge in [-0.3, -0.25) is 4.90 Å². The van der Waals surface area contributed by atoms with E-state index in [1.807, 2.05) is 0 Å². The molecule has 1 saturated heterocycles. The molecule has 0 radical (unpaired) electrons. The van der Waals surface area contributed by atoms with E-state index in [2.05, 4.69) is 10.2 Å². The van der Waals surface area contributed by atoms with Gasteiger partial charge in [0.25, 0.3) is 0 Å². The Labute approximate surface area is 68.0 Å². The average molecular weight is 152 g/mol. The summed E-state index contributed by atoms with van der Waals surface area (Å²) in [6.07, 6.45) is 5.79. The Hall–Kier alpha value is -0.0800. The highest BCUT2D eigenvalue weighted by molar-refractivity contribution is 5.08. The zero-order valence-electron chi connectivity index (χ0n) is 6.97. The molecule has 0 aromatic rings. The largest absolute Gasteiger partial charge is 0.309 e. The molecule has 0 aromatic carbocycles. The molecule has 2 saturated carbocycles. The molecule has 2 nitrogen and oxygen atoms in total. The summed E-state index contributed by atoms with van der Waals surface area (Å²) in [5.41, 5.74) is 0.598. The first kappa shape index (κ1) is 6.44. The Morgan fingerprint density at radius 2 is 2.09 bits per heavy atom. The summed E-state index contributed by atoms with van der Waals surface area (Å²) in [4.78, 5) is 2.70. The lowest BCUT2D eigenvalue weighted by Gasteiger charge is -2.34. The smallest absolute Gasteiger partial charge is 0.0310 e. The molecule has 62 valence electrons. The van der Waals surface area contributed by atoms with Gasteiger partial charge in [-0.25, -0.2) is 0 Å². The van der Waals surface area contributed by atoms with Crippen molar-refractivity contribution in [3.05, 3.63) is 0 Å². The number of piperazine rings is 1. The molecular formula is C9H16N2. The predicted molar refractivity (Wildman–Crippen MR) is 44.6 cm³/mol. The van der Waals surface area contributed by atoms with Gasteiger partial charge in [0.15, 0.2) is 0 Å². The number of nitrogens with one attached hydrogen (secondary N) is 1. The van der Waals surface area contributed by atoms with Crippen LogP contribution in [-0.2, 0) is 0 Å². The summed E-state index contributed by atoms with van der Waals surface area (Å²) < 4.78 is 0. The molecule has 1 aliphatic heterocycles. The van der Waals surface area contributed by atoms with Gasteiger partial charge < -0.3 is 5.32 Å². The third kappa shape index (κ3) is 1.09. The molecule has 2 heteroatoms. The molecule has 3 fully saturated rings. The molecule has 0 aromatic heterocycles. The zero-order valence-corrected chi connectivity index (χ0v) is 6.97. The van der Waals surface area contributed by atoms with Crippen molar-refractivity contribution < 1.29 is 0 Å². The Morgan fingerprint density at radius 1 is 1.27 bits per heavy atom. The van der Waals surface area contributed by atoms with Crippen LogP contribution in [-0.4, -0.2) is 36.1 Å². The quantitative estimate of drug-likeness (QED) is 0.591. The van der Waals surface area contributed by atoms with Crippen LogP contribution in [0, 0.1) is 0 Å². The van der Waals surface area contributed by atoms with Gasteiger partial charge >= 0.3 is 0 Å². The molecule has 11 heavy (non-hydrogen) atoms.